The van der Waals surface area contributed by atoms with Gasteiger partial charge in [0.1, 0.15) is 5.84 Å². The molecule has 1 aliphatic rings. The largest absolute Gasteiger partial charge is 0.465 e. The fourth-order valence-corrected chi connectivity index (χ4v) is 2.31. The van der Waals surface area contributed by atoms with Gasteiger partial charge in [0, 0.05) is 23.8 Å². The summed E-state index contributed by atoms with van der Waals surface area (Å²) in [5.74, 6) is 0.759. The first-order valence-electron chi connectivity index (χ1n) is 6.70. The number of hydrogen-bond donors (Lipinski definition) is 2. The number of nitrogens with zero attached hydrogens (tertiary/aromatic N) is 2. The first kappa shape index (κ1) is 14.7. The van der Waals surface area contributed by atoms with Gasteiger partial charge in [-0.1, -0.05) is 11.6 Å². The van der Waals surface area contributed by atoms with Gasteiger partial charge in [-0.3, -0.25) is 4.99 Å². The molecule has 0 saturated carbocycles. The van der Waals surface area contributed by atoms with Crippen molar-refractivity contribution in [1.29, 1.82) is 0 Å². The molecule has 1 amide bonds. The quantitative estimate of drug-likeness (QED) is 0.901. The maximum absolute atomic E-state index is 10.7. The molecule has 108 valence electrons. The number of carbonyl (C=O) groups is 1. The molecule has 0 radical (unpaired) electrons. The van der Waals surface area contributed by atoms with Crippen molar-refractivity contribution in [1.82, 2.24) is 5.32 Å². The summed E-state index contributed by atoms with van der Waals surface area (Å²) in [6, 6.07) is 7.52. The lowest BCUT2D eigenvalue weighted by molar-refractivity contribution is 0.196. The zero-order valence-corrected chi connectivity index (χ0v) is 11.9. The molecular formula is C14H18ClN3O2. The standard InChI is InChI=1S/C14H18ClN3O2/c15-11-4-6-12(7-5-11)18-9-3-1-2-8-16-13(18)10-17-14(19)20/h4-7,17H,1-3,8-10H2,(H,19,20). The molecule has 0 spiro atoms. The molecule has 0 bridgehead atoms. The number of amides is 1. The number of rotatable bonds is 3. The third-order valence-corrected chi connectivity index (χ3v) is 3.43. The van der Waals surface area contributed by atoms with Crippen molar-refractivity contribution in [3.8, 4) is 0 Å². The second kappa shape index (κ2) is 7.14. The molecule has 2 N–H and O–H groups in total. The van der Waals surface area contributed by atoms with Crippen molar-refractivity contribution < 1.29 is 9.90 Å². The molecule has 0 aromatic heterocycles. The average molecular weight is 296 g/mol. The molecule has 6 heteroatoms. The van der Waals surface area contributed by atoms with Crippen molar-refractivity contribution in [2.24, 2.45) is 4.99 Å². The van der Waals surface area contributed by atoms with E-state index in [9.17, 15) is 4.79 Å². The molecule has 1 aromatic rings. The van der Waals surface area contributed by atoms with Crippen LogP contribution < -0.4 is 10.2 Å². The van der Waals surface area contributed by atoms with Gasteiger partial charge in [-0.25, -0.2) is 4.79 Å². The van der Waals surface area contributed by atoms with Crippen LogP contribution in [-0.4, -0.2) is 36.7 Å². The smallest absolute Gasteiger partial charge is 0.405 e. The fourth-order valence-electron chi connectivity index (χ4n) is 2.19. The number of nitrogens with one attached hydrogen (secondary N) is 1. The third-order valence-electron chi connectivity index (χ3n) is 3.18. The molecule has 2 rings (SSSR count). The van der Waals surface area contributed by atoms with E-state index in [1.807, 2.05) is 24.3 Å². The Bertz CT molecular complexity index is 488. The fraction of sp³-hybridized carbons (Fsp3) is 0.429. The molecule has 0 aliphatic carbocycles. The van der Waals surface area contributed by atoms with Crippen LogP contribution in [0.15, 0.2) is 29.3 Å². The lowest BCUT2D eigenvalue weighted by Crippen LogP contribution is -2.41. The normalized spacial score (nSPS) is 16.1. The summed E-state index contributed by atoms with van der Waals surface area (Å²) in [5.41, 5.74) is 0.988. The van der Waals surface area contributed by atoms with E-state index in [1.165, 1.54) is 0 Å². The highest BCUT2D eigenvalue weighted by molar-refractivity contribution is 6.30. The SMILES string of the molecule is O=C(O)NCC1=NCCCCCN1c1ccc(Cl)cc1. The minimum Gasteiger partial charge on any atom is -0.465 e. The highest BCUT2D eigenvalue weighted by Crippen LogP contribution is 2.20. The number of anilines is 1. The van der Waals surface area contributed by atoms with E-state index in [0.29, 0.717) is 5.02 Å². The average Bonchev–Trinajstić information content (AvgIpc) is 2.39. The number of amidine groups is 1. The van der Waals surface area contributed by atoms with Crippen LogP contribution in [0.5, 0.6) is 0 Å². The lowest BCUT2D eigenvalue weighted by Gasteiger charge is -2.28. The van der Waals surface area contributed by atoms with E-state index < -0.39 is 6.09 Å². The van der Waals surface area contributed by atoms with Crippen LogP contribution in [0.4, 0.5) is 10.5 Å². The first-order chi connectivity index (χ1) is 9.66. The Morgan fingerprint density at radius 1 is 1.30 bits per heavy atom. The number of halogens is 1. The van der Waals surface area contributed by atoms with E-state index in [1.54, 1.807) is 0 Å². The first-order valence-corrected chi connectivity index (χ1v) is 7.08. The number of benzene rings is 1. The molecule has 1 aromatic carbocycles. The summed E-state index contributed by atoms with van der Waals surface area (Å²) in [7, 11) is 0. The van der Waals surface area contributed by atoms with Crippen molar-refractivity contribution in [2.75, 3.05) is 24.5 Å². The van der Waals surface area contributed by atoms with Crippen LogP contribution in [0.1, 0.15) is 19.3 Å². The van der Waals surface area contributed by atoms with Crippen molar-refractivity contribution in [2.45, 2.75) is 19.3 Å². The topological polar surface area (TPSA) is 64.9 Å². The van der Waals surface area contributed by atoms with Gasteiger partial charge in [-0.05, 0) is 43.5 Å². The van der Waals surface area contributed by atoms with Crippen molar-refractivity contribution in [3.63, 3.8) is 0 Å². The maximum Gasteiger partial charge on any atom is 0.405 e. The van der Waals surface area contributed by atoms with Gasteiger partial charge in [-0.15, -0.1) is 0 Å². The Hall–Kier alpha value is -1.75. The van der Waals surface area contributed by atoms with Crippen LogP contribution >= 0.6 is 11.6 Å². The summed E-state index contributed by atoms with van der Waals surface area (Å²) >= 11 is 5.91. The summed E-state index contributed by atoms with van der Waals surface area (Å²) < 4.78 is 0. The van der Waals surface area contributed by atoms with Gasteiger partial charge in [0.05, 0.1) is 6.54 Å². The molecule has 1 heterocycles. The minimum absolute atomic E-state index is 0.220. The Morgan fingerprint density at radius 2 is 2.05 bits per heavy atom. The van der Waals surface area contributed by atoms with Crippen LogP contribution in [0.2, 0.25) is 5.02 Å². The summed E-state index contributed by atoms with van der Waals surface area (Å²) in [5, 5.41) is 11.8. The zero-order valence-electron chi connectivity index (χ0n) is 11.2. The van der Waals surface area contributed by atoms with Crippen molar-refractivity contribution >= 4 is 29.2 Å². The van der Waals surface area contributed by atoms with Gasteiger partial charge in [-0.2, -0.15) is 0 Å². The molecule has 0 unspecified atom stereocenters. The molecule has 5 nitrogen and oxygen atoms in total. The number of hydrogen-bond acceptors (Lipinski definition) is 3. The Labute approximate surface area is 123 Å². The summed E-state index contributed by atoms with van der Waals surface area (Å²) in [4.78, 5) is 17.3. The van der Waals surface area contributed by atoms with Gasteiger partial charge in [0.15, 0.2) is 0 Å². The zero-order chi connectivity index (χ0) is 14.4. The van der Waals surface area contributed by atoms with Crippen molar-refractivity contribution in [3.05, 3.63) is 29.3 Å². The predicted molar refractivity (Wildman–Crippen MR) is 81.0 cm³/mol. The molecule has 1 aliphatic heterocycles. The van der Waals surface area contributed by atoms with E-state index in [-0.39, 0.29) is 6.54 Å². The van der Waals surface area contributed by atoms with Gasteiger partial charge < -0.3 is 15.3 Å². The predicted octanol–water partition coefficient (Wildman–Crippen LogP) is 3.00. The second-order valence-corrected chi connectivity index (χ2v) is 5.08. The highest BCUT2D eigenvalue weighted by Gasteiger charge is 2.15. The van der Waals surface area contributed by atoms with Gasteiger partial charge in [0.2, 0.25) is 0 Å². The van der Waals surface area contributed by atoms with E-state index in [0.717, 1.165) is 43.9 Å². The van der Waals surface area contributed by atoms with Crippen LogP contribution in [-0.2, 0) is 0 Å². The minimum atomic E-state index is -1.04. The van der Waals surface area contributed by atoms with E-state index in [4.69, 9.17) is 16.7 Å². The molecule has 0 fully saturated rings. The van der Waals surface area contributed by atoms with Gasteiger partial charge >= 0.3 is 6.09 Å². The molecular weight excluding hydrogens is 278 g/mol. The van der Waals surface area contributed by atoms with Gasteiger partial charge in [0.25, 0.3) is 0 Å². The lowest BCUT2D eigenvalue weighted by atomic mass is 10.2. The number of carboxylic acid groups (broad SMARTS) is 1. The monoisotopic (exact) mass is 295 g/mol. The van der Waals surface area contributed by atoms with Crippen LogP contribution in [0, 0.1) is 0 Å². The number of aliphatic imine (C=N–C) groups is 1. The Morgan fingerprint density at radius 3 is 2.75 bits per heavy atom. The Balaban J connectivity index is 2.20. The van der Waals surface area contributed by atoms with Crippen LogP contribution in [0.3, 0.4) is 0 Å². The molecule has 0 atom stereocenters. The highest BCUT2D eigenvalue weighted by atomic mass is 35.5. The summed E-state index contributed by atoms with van der Waals surface area (Å²) in [6.45, 7) is 1.79. The van der Waals surface area contributed by atoms with E-state index in [2.05, 4.69) is 15.2 Å². The second-order valence-electron chi connectivity index (χ2n) is 4.65. The maximum atomic E-state index is 10.7. The molecule has 0 saturated heterocycles. The third kappa shape index (κ3) is 4.13. The van der Waals surface area contributed by atoms with E-state index >= 15 is 0 Å². The molecule has 20 heavy (non-hydrogen) atoms. The van der Waals surface area contributed by atoms with Crippen LogP contribution in [0.25, 0.3) is 0 Å². The Kier molecular flexibility index (Phi) is 5.24. The summed E-state index contributed by atoms with van der Waals surface area (Å²) in [6.07, 6.45) is 2.21.